The number of benzene rings is 2. The normalized spacial score (nSPS) is 20.2. The predicted molar refractivity (Wildman–Crippen MR) is 234 cm³/mol. The van der Waals surface area contributed by atoms with Crippen LogP contribution in [0.25, 0.3) is 0 Å². The summed E-state index contributed by atoms with van der Waals surface area (Å²) in [6, 6.07) is 13.9. The molecule has 10 amide bonds. The van der Waals surface area contributed by atoms with Crippen molar-refractivity contribution in [3.8, 4) is 0 Å². The number of urea groups is 2. The summed E-state index contributed by atoms with van der Waals surface area (Å²) in [5.74, 6) is -1.90. The zero-order valence-electron chi connectivity index (χ0n) is 36.6. The largest absolute Gasteiger partial charge is 0.350 e. The summed E-state index contributed by atoms with van der Waals surface area (Å²) in [5.41, 5.74) is 15.4. The molecule has 2 aromatic carbocycles. The maximum absolute atomic E-state index is 13.6. The van der Waals surface area contributed by atoms with Crippen molar-refractivity contribution >= 4 is 47.5 Å². The molecule has 0 aromatic heterocycles. The number of likely N-dealkylation sites (tertiary alicyclic amines) is 2. The molecule has 5 aliphatic rings. The predicted octanol–water partition coefficient (Wildman–Crippen LogP) is 1.22. The first-order chi connectivity index (χ1) is 30.9. The molecule has 0 radical (unpaired) electrons. The number of hydrogen-bond acceptors (Lipinski definition) is 10. The van der Waals surface area contributed by atoms with Crippen LogP contribution in [-0.2, 0) is 54.7 Å². The summed E-state index contributed by atoms with van der Waals surface area (Å²) in [4.78, 5) is 115. The highest BCUT2D eigenvalue weighted by Crippen LogP contribution is 2.31. The van der Waals surface area contributed by atoms with E-state index >= 15 is 0 Å². The summed E-state index contributed by atoms with van der Waals surface area (Å²) in [6.45, 7) is 1.63. The smallest absolute Gasteiger partial charge is 0.327 e. The van der Waals surface area contributed by atoms with E-state index in [1.807, 2.05) is 48.5 Å². The van der Waals surface area contributed by atoms with Gasteiger partial charge in [-0.1, -0.05) is 48.5 Å². The lowest BCUT2D eigenvalue weighted by Crippen LogP contribution is -2.51. The fraction of sp³-hybridized carbons (Fsp3) is 0.565. The summed E-state index contributed by atoms with van der Waals surface area (Å²) < 4.78 is 0. The van der Waals surface area contributed by atoms with E-state index in [-0.39, 0.29) is 125 Å². The Labute approximate surface area is 373 Å². The van der Waals surface area contributed by atoms with Crippen molar-refractivity contribution in [1.82, 2.24) is 40.0 Å². The van der Waals surface area contributed by atoms with Gasteiger partial charge < -0.3 is 41.7 Å². The molecule has 5 fully saturated rings. The molecule has 18 heteroatoms. The second-order valence-corrected chi connectivity index (χ2v) is 17.7. The number of nitrogens with one attached hydrogen (secondary N) is 2. The van der Waals surface area contributed by atoms with Crippen LogP contribution in [0, 0.1) is 0 Å². The van der Waals surface area contributed by atoms with Crippen LogP contribution in [0.1, 0.15) is 86.5 Å². The van der Waals surface area contributed by atoms with Crippen molar-refractivity contribution in [2.75, 3.05) is 52.4 Å². The van der Waals surface area contributed by atoms with Crippen molar-refractivity contribution in [3.63, 3.8) is 0 Å². The Morgan fingerprint density at radius 1 is 0.531 bits per heavy atom. The van der Waals surface area contributed by atoms with Gasteiger partial charge in [0.2, 0.25) is 35.4 Å². The number of imide groups is 2. The number of nitrogens with two attached hydrogens (primary N) is 2. The second-order valence-electron chi connectivity index (χ2n) is 17.7. The van der Waals surface area contributed by atoms with E-state index in [0.717, 1.165) is 47.9 Å². The summed E-state index contributed by atoms with van der Waals surface area (Å²) in [6.07, 6.45) is 5.38. The number of carbonyl (C=O) groups is 8. The standard InChI is InChI=1S/C46H62N10O8/c47-25-33-5-1-31(2-6-33)9-15-43(61)55(37-11-12-37)45(63)53-21-17-35(27-53)49-39(57)29-51-23-19-42(60)52(24-20-41(51)59)30-40(58)50-36-18-22-54(28-36)46(64)56(38-13-14-38)44(62)16-10-32-3-7-34(26-48)8-4-32/h1-8,35-38H,9-30,47-48H2,(H,49,57)(H,50,58). The van der Waals surface area contributed by atoms with Crippen molar-refractivity contribution in [3.05, 3.63) is 70.8 Å². The van der Waals surface area contributed by atoms with E-state index in [1.165, 1.54) is 19.6 Å². The van der Waals surface area contributed by atoms with Crippen LogP contribution in [0.3, 0.4) is 0 Å². The lowest BCUT2D eigenvalue weighted by molar-refractivity contribution is -0.143. The van der Waals surface area contributed by atoms with Crippen LogP contribution in [0.5, 0.6) is 0 Å². The molecule has 6 N–H and O–H groups in total. The van der Waals surface area contributed by atoms with Gasteiger partial charge in [-0.15, -0.1) is 0 Å². The Hall–Kier alpha value is -5.88. The van der Waals surface area contributed by atoms with Crippen molar-refractivity contribution in [2.24, 2.45) is 11.5 Å². The van der Waals surface area contributed by atoms with Crippen LogP contribution < -0.4 is 22.1 Å². The number of amides is 10. The van der Waals surface area contributed by atoms with Gasteiger partial charge >= 0.3 is 12.1 Å². The molecule has 2 atom stereocenters. The Balaban J connectivity index is 0.810. The maximum atomic E-state index is 13.6. The molecule has 2 aromatic rings. The first-order valence-corrected chi connectivity index (χ1v) is 22.8. The number of aryl methyl sites for hydroxylation is 2. The lowest BCUT2D eigenvalue weighted by atomic mass is 10.1. The number of carbonyl (C=O) groups excluding carboxylic acids is 8. The lowest BCUT2D eigenvalue weighted by Gasteiger charge is -2.30. The van der Waals surface area contributed by atoms with Gasteiger partial charge in [0.25, 0.3) is 0 Å². The molecule has 2 aliphatic carbocycles. The minimum atomic E-state index is -0.407. The molecule has 7 rings (SSSR count). The van der Waals surface area contributed by atoms with E-state index in [2.05, 4.69) is 10.6 Å². The van der Waals surface area contributed by atoms with E-state index in [0.29, 0.717) is 51.9 Å². The van der Waals surface area contributed by atoms with Crippen molar-refractivity contribution < 1.29 is 38.4 Å². The Bertz CT molecular complexity index is 1910. The van der Waals surface area contributed by atoms with Crippen molar-refractivity contribution in [2.45, 2.75) is 114 Å². The molecule has 64 heavy (non-hydrogen) atoms. The molecular formula is C46H62N10O8. The van der Waals surface area contributed by atoms with Crippen LogP contribution in [0.2, 0.25) is 0 Å². The van der Waals surface area contributed by atoms with E-state index < -0.39 is 11.8 Å². The highest BCUT2D eigenvalue weighted by molar-refractivity contribution is 5.96. The molecule has 3 saturated heterocycles. The first-order valence-electron chi connectivity index (χ1n) is 22.8. The van der Waals surface area contributed by atoms with Crippen LogP contribution in [0.4, 0.5) is 9.59 Å². The quantitative estimate of drug-likeness (QED) is 0.188. The minimum Gasteiger partial charge on any atom is -0.350 e. The molecule has 3 heterocycles. The van der Waals surface area contributed by atoms with Gasteiger partial charge in [0.1, 0.15) is 0 Å². The third kappa shape index (κ3) is 12.2. The van der Waals surface area contributed by atoms with Gasteiger partial charge in [-0.2, -0.15) is 0 Å². The minimum absolute atomic E-state index is 0.00455. The van der Waals surface area contributed by atoms with Crippen LogP contribution >= 0.6 is 0 Å². The second kappa shape index (κ2) is 21.2. The first kappa shape index (κ1) is 46.1. The molecule has 2 unspecified atom stereocenters. The molecular weight excluding hydrogens is 821 g/mol. The molecule has 0 bridgehead atoms. The Kier molecular flexibility index (Phi) is 15.3. The van der Waals surface area contributed by atoms with E-state index in [1.54, 1.807) is 9.80 Å². The number of rotatable bonds is 16. The SMILES string of the molecule is NCc1ccc(CCC(=O)N(C(=O)N2CCC(NC(=O)CN3CCC(=O)N(CC(=O)NC4CCN(C(=O)N(C(=O)CCc5ccc(CN)cc5)C5CC5)C4)CCC3=O)C2)C2CC2)cc1. The monoisotopic (exact) mass is 882 g/mol. The van der Waals surface area contributed by atoms with E-state index in [9.17, 15) is 38.4 Å². The van der Waals surface area contributed by atoms with Crippen LogP contribution in [0.15, 0.2) is 48.5 Å². The molecule has 2 saturated carbocycles. The summed E-state index contributed by atoms with van der Waals surface area (Å²) >= 11 is 0. The zero-order valence-corrected chi connectivity index (χ0v) is 36.6. The number of nitrogens with zero attached hydrogens (tertiary/aromatic N) is 6. The zero-order chi connectivity index (χ0) is 45.3. The topological polar surface area (TPSA) is 232 Å². The Morgan fingerprint density at radius 2 is 0.891 bits per heavy atom. The maximum Gasteiger partial charge on any atom is 0.327 e. The van der Waals surface area contributed by atoms with Gasteiger partial charge in [0, 0.05) is 102 Å². The van der Waals surface area contributed by atoms with Gasteiger partial charge in [0.05, 0.1) is 13.1 Å². The van der Waals surface area contributed by atoms with Crippen LogP contribution in [-0.4, -0.2) is 153 Å². The van der Waals surface area contributed by atoms with Gasteiger partial charge in [-0.25, -0.2) is 9.59 Å². The fourth-order valence-corrected chi connectivity index (χ4v) is 8.69. The van der Waals surface area contributed by atoms with Gasteiger partial charge in [-0.3, -0.25) is 38.6 Å². The van der Waals surface area contributed by atoms with Crippen molar-refractivity contribution in [1.29, 1.82) is 0 Å². The highest BCUT2D eigenvalue weighted by atomic mass is 16.2. The molecule has 344 valence electrons. The van der Waals surface area contributed by atoms with Gasteiger partial charge in [-0.05, 0) is 73.6 Å². The molecule has 18 nitrogen and oxygen atoms in total. The average Bonchev–Trinajstić information content (AvgIpc) is 4.22. The fourth-order valence-electron chi connectivity index (χ4n) is 8.69. The van der Waals surface area contributed by atoms with E-state index in [4.69, 9.17) is 11.5 Å². The third-order valence-electron chi connectivity index (χ3n) is 12.8. The number of hydrogen-bond donors (Lipinski definition) is 4. The average molecular weight is 883 g/mol. The highest BCUT2D eigenvalue weighted by Gasteiger charge is 2.42. The Morgan fingerprint density at radius 3 is 1.23 bits per heavy atom. The molecule has 3 aliphatic heterocycles. The molecule has 0 spiro atoms. The third-order valence-corrected chi connectivity index (χ3v) is 12.8. The summed E-state index contributed by atoms with van der Waals surface area (Å²) in [5, 5.41) is 5.86. The summed E-state index contributed by atoms with van der Waals surface area (Å²) in [7, 11) is 0. The van der Waals surface area contributed by atoms with Gasteiger partial charge in [0.15, 0.2) is 0 Å².